The summed E-state index contributed by atoms with van der Waals surface area (Å²) < 4.78 is 28.6. The highest BCUT2D eigenvalue weighted by atomic mass is 35.5. The molecule has 0 aliphatic rings. The van der Waals surface area contributed by atoms with Crippen LogP contribution in [0.2, 0.25) is 5.02 Å². The van der Waals surface area contributed by atoms with Gasteiger partial charge in [0.15, 0.2) is 0 Å². The van der Waals surface area contributed by atoms with Crippen LogP contribution in [0, 0.1) is 13.8 Å². The fourth-order valence-corrected chi connectivity index (χ4v) is 5.44. The van der Waals surface area contributed by atoms with Crippen molar-refractivity contribution in [2.75, 3.05) is 15.8 Å². The summed E-state index contributed by atoms with van der Waals surface area (Å²) in [5.41, 5.74) is 3.15. The van der Waals surface area contributed by atoms with Gasteiger partial charge in [-0.05, 0) is 61.6 Å². The first kappa shape index (κ1) is 23.2. The molecule has 2 N–H and O–H groups in total. The van der Waals surface area contributed by atoms with Gasteiger partial charge in [0, 0.05) is 10.5 Å². The highest BCUT2D eigenvalue weighted by Gasteiger charge is 2.21. The maximum absolute atomic E-state index is 13.0. The lowest BCUT2D eigenvalue weighted by Crippen LogP contribution is -2.17. The minimum Gasteiger partial charge on any atom is -0.321 e. The Morgan fingerprint density at radius 3 is 2.45 bits per heavy atom. The summed E-state index contributed by atoms with van der Waals surface area (Å²) in [6.45, 7) is 5.78. The summed E-state index contributed by atoms with van der Waals surface area (Å²) in [7, 11) is -3.99. The van der Waals surface area contributed by atoms with Crippen LogP contribution in [0.4, 0.5) is 11.4 Å². The Morgan fingerprint density at radius 2 is 1.74 bits per heavy atom. The lowest BCUT2D eigenvalue weighted by molar-refractivity contribution is 0.102. The van der Waals surface area contributed by atoms with Crippen molar-refractivity contribution in [1.82, 2.24) is 0 Å². The molecule has 162 valence electrons. The Morgan fingerprint density at radius 1 is 1.00 bits per heavy atom. The molecule has 0 unspecified atom stereocenters. The fourth-order valence-electron chi connectivity index (χ4n) is 3.02. The molecule has 0 fully saturated rings. The average molecular weight is 475 g/mol. The lowest BCUT2D eigenvalue weighted by Gasteiger charge is -2.14. The maximum Gasteiger partial charge on any atom is 0.263 e. The van der Waals surface area contributed by atoms with Gasteiger partial charge >= 0.3 is 0 Å². The van der Waals surface area contributed by atoms with Crippen LogP contribution in [0.25, 0.3) is 0 Å². The third-order valence-electron chi connectivity index (χ3n) is 4.54. The van der Waals surface area contributed by atoms with Crippen LogP contribution < -0.4 is 10.0 Å². The topological polar surface area (TPSA) is 75.3 Å². The Hall–Kier alpha value is -2.48. The molecule has 0 spiro atoms. The van der Waals surface area contributed by atoms with E-state index in [0.29, 0.717) is 11.4 Å². The molecule has 0 atom stereocenters. The van der Waals surface area contributed by atoms with Gasteiger partial charge in [0.2, 0.25) is 0 Å². The molecule has 5 nitrogen and oxygen atoms in total. The van der Waals surface area contributed by atoms with E-state index in [4.69, 9.17) is 11.6 Å². The number of carbonyl (C=O) groups is 1. The van der Waals surface area contributed by atoms with E-state index < -0.39 is 15.9 Å². The zero-order valence-electron chi connectivity index (χ0n) is 17.4. The molecule has 3 aromatic carbocycles. The molecule has 8 heteroatoms. The summed E-state index contributed by atoms with van der Waals surface area (Å²) in [4.78, 5) is 13.6. The standard InChI is InChI=1S/C23H23ClN2O3S2/c1-4-30-21-8-6-5-7-20(21)25-23(27)17-10-11-18(24)22(14-17)31(28,29)26-19-12-9-15(2)13-16(19)3/h5-14,26H,4H2,1-3H3,(H,25,27). The molecular formula is C23H23ClN2O3S2. The van der Waals surface area contributed by atoms with Gasteiger partial charge in [-0.25, -0.2) is 8.42 Å². The van der Waals surface area contributed by atoms with E-state index in [1.807, 2.05) is 57.2 Å². The van der Waals surface area contributed by atoms with E-state index in [2.05, 4.69) is 10.0 Å². The summed E-state index contributed by atoms with van der Waals surface area (Å²) in [6, 6.07) is 17.1. The third-order valence-corrected chi connectivity index (χ3v) is 7.35. The van der Waals surface area contributed by atoms with Gasteiger partial charge < -0.3 is 5.32 Å². The molecule has 0 bridgehead atoms. The summed E-state index contributed by atoms with van der Waals surface area (Å²) in [5, 5.41) is 2.89. The van der Waals surface area contributed by atoms with Crippen LogP contribution in [-0.4, -0.2) is 20.1 Å². The zero-order chi connectivity index (χ0) is 22.6. The second-order valence-electron chi connectivity index (χ2n) is 6.95. The van der Waals surface area contributed by atoms with Crippen molar-refractivity contribution in [2.24, 2.45) is 0 Å². The molecule has 0 aliphatic heterocycles. The third kappa shape index (κ3) is 5.61. The van der Waals surface area contributed by atoms with Crippen LogP contribution in [0.15, 0.2) is 70.5 Å². The number of thioether (sulfide) groups is 1. The van der Waals surface area contributed by atoms with Gasteiger partial charge in [0.05, 0.1) is 16.4 Å². The monoisotopic (exact) mass is 474 g/mol. The van der Waals surface area contributed by atoms with Crippen LogP contribution in [0.3, 0.4) is 0 Å². The Bertz CT molecular complexity index is 1230. The number of nitrogens with one attached hydrogen (secondary N) is 2. The normalized spacial score (nSPS) is 11.2. The number of hydrogen-bond acceptors (Lipinski definition) is 4. The molecule has 3 rings (SSSR count). The first-order valence-electron chi connectivity index (χ1n) is 9.64. The van der Waals surface area contributed by atoms with Gasteiger partial charge in [0.1, 0.15) is 4.90 Å². The molecule has 0 aliphatic carbocycles. The van der Waals surface area contributed by atoms with Crippen LogP contribution in [-0.2, 0) is 10.0 Å². The van der Waals surface area contributed by atoms with Crippen molar-refractivity contribution >= 4 is 50.7 Å². The fraction of sp³-hybridized carbons (Fsp3) is 0.174. The van der Waals surface area contributed by atoms with E-state index in [9.17, 15) is 13.2 Å². The highest BCUT2D eigenvalue weighted by Crippen LogP contribution is 2.29. The van der Waals surface area contributed by atoms with Crippen molar-refractivity contribution in [3.05, 3.63) is 82.4 Å². The van der Waals surface area contributed by atoms with E-state index in [-0.39, 0.29) is 15.5 Å². The molecule has 3 aromatic rings. The average Bonchev–Trinajstić information content (AvgIpc) is 2.72. The van der Waals surface area contributed by atoms with E-state index in [0.717, 1.165) is 21.8 Å². The van der Waals surface area contributed by atoms with Crippen molar-refractivity contribution < 1.29 is 13.2 Å². The van der Waals surface area contributed by atoms with Crippen molar-refractivity contribution in [3.63, 3.8) is 0 Å². The van der Waals surface area contributed by atoms with Gasteiger partial charge in [0.25, 0.3) is 15.9 Å². The van der Waals surface area contributed by atoms with Gasteiger partial charge in [-0.1, -0.05) is 48.4 Å². The zero-order valence-corrected chi connectivity index (χ0v) is 19.8. The number of hydrogen-bond donors (Lipinski definition) is 2. The predicted molar refractivity (Wildman–Crippen MR) is 129 cm³/mol. The number of para-hydroxylation sites is 1. The maximum atomic E-state index is 13.0. The minimum atomic E-state index is -3.99. The first-order valence-corrected chi connectivity index (χ1v) is 12.5. The minimum absolute atomic E-state index is 0.0377. The largest absolute Gasteiger partial charge is 0.321 e. The number of carbonyl (C=O) groups excluding carboxylic acids is 1. The summed E-state index contributed by atoms with van der Waals surface area (Å²) in [5.74, 6) is 0.448. The number of halogens is 1. The number of benzene rings is 3. The first-order chi connectivity index (χ1) is 14.7. The highest BCUT2D eigenvalue weighted by molar-refractivity contribution is 7.99. The SMILES string of the molecule is CCSc1ccccc1NC(=O)c1ccc(Cl)c(S(=O)(=O)Nc2ccc(C)cc2C)c1. The van der Waals surface area contributed by atoms with Crippen LogP contribution in [0.1, 0.15) is 28.4 Å². The second kappa shape index (κ2) is 9.77. The molecule has 0 radical (unpaired) electrons. The molecule has 0 saturated heterocycles. The quantitative estimate of drug-likeness (QED) is 0.404. The summed E-state index contributed by atoms with van der Waals surface area (Å²) in [6.07, 6.45) is 0. The van der Waals surface area contributed by atoms with Crippen molar-refractivity contribution in [3.8, 4) is 0 Å². The molecule has 0 heterocycles. The van der Waals surface area contributed by atoms with Crippen molar-refractivity contribution in [1.29, 1.82) is 0 Å². The van der Waals surface area contributed by atoms with Crippen molar-refractivity contribution in [2.45, 2.75) is 30.6 Å². The number of sulfonamides is 1. The van der Waals surface area contributed by atoms with Gasteiger partial charge in [-0.3, -0.25) is 9.52 Å². The number of rotatable bonds is 7. The molecule has 0 saturated carbocycles. The lowest BCUT2D eigenvalue weighted by atomic mass is 10.1. The van der Waals surface area contributed by atoms with E-state index in [1.165, 1.54) is 18.2 Å². The van der Waals surface area contributed by atoms with Crippen LogP contribution in [0.5, 0.6) is 0 Å². The number of aryl methyl sites for hydroxylation is 2. The Balaban J connectivity index is 1.90. The van der Waals surface area contributed by atoms with E-state index in [1.54, 1.807) is 17.8 Å². The van der Waals surface area contributed by atoms with Gasteiger partial charge in [-0.2, -0.15) is 0 Å². The Labute approximate surface area is 192 Å². The smallest absolute Gasteiger partial charge is 0.263 e. The predicted octanol–water partition coefficient (Wildman–Crippen LogP) is 6.12. The van der Waals surface area contributed by atoms with Crippen LogP contribution >= 0.6 is 23.4 Å². The Kier molecular flexibility index (Phi) is 7.30. The molecule has 1 amide bonds. The number of amides is 1. The molecule has 31 heavy (non-hydrogen) atoms. The number of anilines is 2. The second-order valence-corrected chi connectivity index (χ2v) is 10.3. The van der Waals surface area contributed by atoms with E-state index >= 15 is 0 Å². The molecular weight excluding hydrogens is 452 g/mol. The van der Waals surface area contributed by atoms with Gasteiger partial charge in [-0.15, -0.1) is 11.8 Å². The summed E-state index contributed by atoms with van der Waals surface area (Å²) >= 11 is 7.80. The molecule has 0 aromatic heterocycles.